The van der Waals surface area contributed by atoms with Gasteiger partial charge in [0.05, 0.1) is 11.0 Å². The molecule has 3 aromatic rings. The van der Waals surface area contributed by atoms with Crippen molar-refractivity contribution in [3.8, 4) is 0 Å². The monoisotopic (exact) mass is 265 g/mol. The van der Waals surface area contributed by atoms with Gasteiger partial charge in [0, 0.05) is 12.2 Å². The Morgan fingerprint density at radius 2 is 1.65 bits per heavy atom. The van der Waals surface area contributed by atoms with Crippen LogP contribution in [0.4, 0.5) is 5.69 Å². The summed E-state index contributed by atoms with van der Waals surface area (Å²) in [5.41, 5.74) is 12.6. The molecule has 0 fully saturated rings. The fourth-order valence-corrected chi connectivity index (χ4v) is 2.51. The fourth-order valence-electron chi connectivity index (χ4n) is 2.51. The quantitative estimate of drug-likeness (QED) is 0.720. The van der Waals surface area contributed by atoms with Gasteiger partial charge in [-0.3, -0.25) is 0 Å². The molecule has 20 heavy (non-hydrogen) atoms. The summed E-state index contributed by atoms with van der Waals surface area (Å²) in [6.07, 6.45) is 0. The molecule has 0 radical (unpaired) electrons. The average molecular weight is 265 g/mol. The number of nitrogens with two attached hydrogens (primary N) is 1. The fraction of sp³-hybridized carbons (Fsp3) is 0.235. The van der Waals surface area contributed by atoms with E-state index in [0.29, 0.717) is 0 Å². The van der Waals surface area contributed by atoms with Gasteiger partial charge in [0.25, 0.3) is 0 Å². The molecule has 0 saturated carbocycles. The van der Waals surface area contributed by atoms with E-state index in [1.165, 1.54) is 22.2 Å². The van der Waals surface area contributed by atoms with E-state index in [4.69, 9.17) is 5.73 Å². The second kappa shape index (κ2) is 4.67. The van der Waals surface area contributed by atoms with Crippen LogP contribution in [-0.2, 0) is 6.54 Å². The molecule has 0 aliphatic rings. The largest absolute Gasteiger partial charge is 0.399 e. The van der Waals surface area contributed by atoms with Crippen molar-refractivity contribution in [2.24, 2.45) is 0 Å². The minimum Gasteiger partial charge on any atom is -0.399 e. The lowest BCUT2D eigenvalue weighted by atomic mass is 10.1. The molecule has 0 atom stereocenters. The van der Waals surface area contributed by atoms with E-state index in [1.54, 1.807) is 0 Å². The van der Waals surface area contributed by atoms with E-state index < -0.39 is 0 Å². The average Bonchev–Trinajstić information content (AvgIpc) is 2.69. The maximum atomic E-state index is 5.74. The van der Waals surface area contributed by atoms with E-state index in [-0.39, 0.29) is 0 Å². The van der Waals surface area contributed by atoms with Gasteiger partial charge in [0.15, 0.2) is 0 Å². The van der Waals surface area contributed by atoms with Crippen molar-refractivity contribution in [1.29, 1.82) is 0 Å². The van der Waals surface area contributed by atoms with Crippen molar-refractivity contribution >= 4 is 16.7 Å². The number of rotatable bonds is 2. The summed E-state index contributed by atoms with van der Waals surface area (Å²) < 4.78 is 2.26. The Hall–Kier alpha value is -2.29. The van der Waals surface area contributed by atoms with Crippen LogP contribution in [0.5, 0.6) is 0 Å². The van der Waals surface area contributed by atoms with Gasteiger partial charge in [0.1, 0.15) is 5.82 Å². The molecule has 3 rings (SSSR count). The van der Waals surface area contributed by atoms with Crippen LogP contribution in [0, 0.1) is 20.8 Å². The number of hydrogen-bond donors (Lipinski definition) is 1. The summed E-state index contributed by atoms with van der Waals surface area (Å²) in [6, 6.07) is 12.4. The van der Waals surface area contributed by atoms with Gasteiger partial charge in [-0.15, -0.1) is 0 Å². The van der Waals surface area contributed by atoms with Crippen molar-refractivity contribution < 1.29 is 0 Å². The Balaban J connectivity index is 2.08. The number of aromatic nitrogens is 2. The number of aryl methyl sites for hydroxylation is 3. The minimum atomic E-state index is 0.799. The number of nitrogen functional groups attached to an aromatic ring is 1. The Morgan fingerprint density at radius 1 is 1.00 bits per heavy atom. The molecular formula is C17H19N3. The minimum absolute atomic E-state index is 0.799. The smallest absolute Gasteiger partial charge is 0.107 e. The molecule has 3 heteroatoms. The molecule has 102 valence electrons. The van der Waals surface area contributed by atoms with Crippen LogP contribution in [0.1, 0.15) is 22.5 Å². The Bertz CT molecular complexity index is 767. The molecule has 2 N–H and O–H groups in total. The Kier molecular flexibility index (Phi) is 2.97. The lowest BCUT2D eigenvalue weighted by molar-refractivity contribution is 0.786. The lowest BCUT2D eigenvalue weighted by Crippen LogP contribution is -2.02. The van der Waals surface area contributed by atoms with Gasteiger partial charge >= 0.3 is 0 Å². The molecule has 1 aromatic heterocycles. The lowest BCUT2D eigenvalue weighted by Gasteiger charge is -2.08. The summed E-state index contributed by atoms with van der Waals surface area (Å²) in [5, 5.41) is 0. The van der Waals surface area contributed by atoms with Crippen LogP contribution in [0.2, 0.25) is 0 Å². The topological polar surface area (TPSA) is 43.8 Å². The van der Waals surface area contributed by atoms with E-state index in [2.05, 4.69) is 54.6 Å². The second-order valence-electron chi connectivity index (χ2n) is 5.41. The zero-order chi connectivity index (χ0) is 14.3. The summed E-state index contributed by atoms with van der Waals surface area (Å²) in [6.45, 7) is 7.15. The third-order valence-electron chi connectivity index (χ3n) is 3.87. The molecule has 0 unspecified atom stereocenters. The van der Waals surface area contributed by atoms with Crippen LogP contribution in [0.3, 0.4) is 0 Å². The first-order valence-electron chi connectivity index (χ1n) is 6.83. The Morgan fingerprint density at radius 3 is 2.35 bits per heavy atom. The van der Waals surface area contributed by atoms with Crippen LogP contribution < -0.4 is 5.73 Å². The zero-order valence-electron chi connectivity index (χ0n) is 12.1. The van der Waals surface area contributed by atoms with Gasteiger partial charge in [-0.2, -0.15) is 0 Å². The van der Waals surface area contributed by atoms with E-state index in [1.807, 2.05) is 12.1 Å². The highest BCUT2D eigenvalue weighted by Crippen LogP contribution is 2.22. The molecular weight excluding hydrogens is 246 g/mol. The third-order valence-corrected chi connectivity index (χ3v) is 3.87. The van der Waals surface area contributed by atoms with Crippen LogP contribution in [-0.4, -0.2) is 9.55 Å². The Labute approximate surface area is 119 Å². The molecule has 2 aromatic carbocycles. The predicted octanol–water partition coefficient (Wildman–Crippen LogP) is 3.59. The molecule has 3 nitrogen and oxygen atoms in total. The normalized spacial score (nSPS) is 11.2. The number of nitrogens with zero attached hydrogens (tertiary/aromatic N) is 2. The maximum absolute atomic E-state index is 5.74. The summed E-state index contributed by atoms with van der Waals surface area (Å²) in [5.74, 6) is 1.04. The predicted molar refractivity (Wildman–Crippen MR) is 83.9 cm³/mol. The second-order valence-corrected chi connectivity index (χ2v) is 5.41. The molecule has 0 amide bonds. The highest BCUT2D eigenvalue weighted by Gasteiger charge is 2.09. The SMILES string of the molecule is Cc1cc2nc(C)n(Cc3ccc(N)cc3)c2cc1C. The van der Waals surface area contributed by atoms with Crippen molar-refractivity contribution in [1.82, 2.24) is 9.55 Å². The van der Waals surface area contributed by atoms with Gasteiger partial charge in [0.2, 0.25) is 0 Å². The number of anilines is 1. The first-order chi connectivity index (χ1) is 9.54. The summed E-state index contributed by atoms with van der Waals surface area (Å²) >= 11 is 0. The summed E-state index contributed by atoms with van der Waals surface area (Å²) in [7, 11) is 0. The van der Waals surface area contributed by atoms with Gasteiger partial charge in [-0.25, -0.2) is 4.98 Å². The zero-order valence-corrected chi connectivity index (χ0v) is 12.1. The molecule has 0 aliphatic heterocycles. The van der Waals surface area contributed by atoms with Gasteiger partial charge in [-0.05, 0) is 61.7 Å². The van der Waals surface area contributed by atoms with Crippen LogP contribution >= 0.6 is 0 Å². The van der Waals surface area contributed by atoms with Crippen LogP contribution in [0.15, 0.2) is 36.4 Å². The number of hydrogen-bond acceptors (Lipinski definition) is 2. The third kappa shape index (κ3) is 2.16. The molecule has 0 spiro atoms. The highest BCUT2D eigenvalue weighted by atomic mass is 15.1. The molecule has 0 aliphatic carbocycles. The standard InChI is InChI=1S/C17H19N3/c1-11-8-16-17(9-12(11)2)20(13(3)19-16)10-14-4-6-15(18)7-5-14/h4-9H,10,18H2,1-3H3. The van der Waals surface area contributed by atoms with Crippen molar-refractivity contribution in [3.05, 3.63) is 58.9 Å². The maximum Gasteiger partial charge on any atom is 0.107 e. The summed E-state index contributed by atoms with van der Waals surface area (Å²) in [4.78, 5) is 4.67. The van der Waals surface area contributed by atoms with E-state index in [0.717, 1.165) is 23.6 Å². The van der Waals surface area contributed by atoms with Crippen molar-refractivity contribution in [2.75, 3.05) is 5.73 Å². The van der Waals surface area contributed by atoms with E-state index in [9.17, 15) is 0 Å². The van der Waals surface area contributed by atoms with E-state index >= 15 is 0 Å². The van der Waals surface area contributed by atoms with Gasteiger partial charge < -0.3 is 10.3 Å². The number of imidazole rings is 1. The first-order valence-corrected chi connectivity index (χ1v) is 6.83. The van der Waals surface area contributed by atoms with Gasteiger partial charge in [-0.1, -0.05) is 12.1 Å². The van der Waals surface area contributed by atoms with Crippen molar-refractivity contribution in [3.63, 3.8) is 0 Å². The number of benzene rings is 2. The molecule has 0 bridgehead atoms. The number of fused-ring (bicyclic) bond motifs is 1. The molecule has 1 heterocycles. The van der Waals surface area contributed by atoms with Crippen molar-refractivity contribution in [2.45, 2.75) is 27.3 Å². The van der Waals surface area contributed by atoms with Crippen LogP contribution in [0.25, 0.3) is 11.0 Å². The molecule has 0 saturated heterocycles. The first kappa shape index (κ1) is 12.7. The highest BCUT2D eigenvalue weighted by molar-refractivity contribution is 5.78.